The van der Waals surface area contributed by atoms with Gasteiger partial charge in [0, 0.05) is 37.2 Å². The third kappa shape index (κ3) is 4.29. The summed E-state index contributed by atoms with van der Waals surface area (Å²) in [5.41, 5.74) is 2.21. The van der Waals surface area contributed by atoms with Gasteiger partial charge in [-0.1, -0.05) is 25.8 Å². The molecular formula is C25H30N4O5S. The van der Waals surface area contributed by atoms with Crippen molar-refractivity contribution in [1.82, 2.24) is 9.55 Å². The number of imidazole rings is 1. The van der Waals surface area contributed by atoms with E-state index in [9.17, 15) is 20.0 Å². The summed E-state index contributed by atoms with van der Waals surface area (Å²) in [4.78, 5) is 31.4. The maximum atomic E-state index is 12.7. The Morgan fingerprint density at radius 3 is 2.86 bits per heavy atom. The number of aliphatic hydroxyl groups is 1. The van der Waals surface area contributed by atoms with Gasteiger partial charge in [-0.2, -0.15) is 0 Å². The lowest BCUT2D eigenvalue weighted by Gasteiger charge is -2.28. The van der Waals surface area contributed by atoms with Crippen LogP contribution >= 0.6 is 11.3 Å². The van der Waals surface area contributed by atoms with Crippen LogP contribution in [0.2, 0.25) is 0 Å². The highest BCUT2D eigenvalue weighted by Crippen LogP contribution is 2.49. The maximum absolute atomic E-state index is 12.7. The molecule has 186 valence electrons. The molecule has 1 N–H and O–H groups in total. The van der Waals surface area contributed by atoms with Crippen LogP contribution in [0, 0.1) is 22.0 Å². The van der Waals surface area contributed by atoms with E-state index in [4.69, 9.17) is 4.74 Å². The molecule has 1 saturated carbocycles. The van der Waals surface area contributed by atoms with Crippen LogP contribution in [0.25, 0.3) is 21.5 Å². The third-order valence-electron chi connectivity index (χ3n) is 7.41. The number of aromatic nitrogens is 2. The van der Waals surface area contributed by atoms with Crippen LogP contribution in [0.3, 0.4) is 0 Å². The standard InChI is InChI=1S/C25H30N4O5S/c1-15-4-3-5-18(10-15)28-14-26-19-11-17(6-7-20(19)28)23-22(29(32)33)21(25(31)34-2)24(35-23)27-9-8-16(12-27)13-30/h6-7,11,14-16,18,30H,3-5,8-10,12-13H2,1-2H3/t15-,16+,18-/m1/s1. The van der Waals surface area contributed by atoms with E-state index < -0.39 is 10.9 Å². The number of carbonyl (C=O) groups excluding carboxylic acids is 1. The minimum absolute atomic E-state index is 0.0158. The summed E-state index contributed by atoms with van der Waals surface area (Å²) in [5.74, 6) is 0.0387. The van der Waals surface area contributed by atoms with E-state index in [1.165, 1.54) is 31.3 Å². The molecule has 5 rings (SSSR count). The van der Waals surface area contributed by atoms with Gasteiger partial charge in [-0.15, -0.1) is 11.3 Å². The van der Waals surface area contributed by atoms with Gasteiger partial charge in [0.25, 0.3) is 0 Å². The molecule has 2 aliphatic rings. The molecule has 3 atom stereocenters. The molecule has 3 aromatic rings. The number of methoxy groups -OCH3 is 1. The number of ether oxygens (including phenoxy) is 1. The summed E-state index contributed by atoms with van der Waals surface area (Å²) in [5, 5.41) is 22.3. The average molecular weight is 499 g/mol. The Kier molecular flexibility index (Phi) is 6.50. The van der Waals surface area contributed by atoms with Gasteiger partial charge < -0.3 is 19.3 Å². The van der Waals surface area contributed by atoms with Gasteiger partial charge in [-0.25, -0.2) is 9.78 Å². The first kappa shape index (κ1) is 23.7. The molecule has 1 saturated heterocycles. The number of aliphatic hydroxyl groups excluding tert-OH is 1. The van der Waals surface area contributed by atoms with Gasteiger partial charge >= 0.3 is 11.7 Å². The Labute approximate surface area is 207 Å². The monoisotopic (exact) mass is 498 g/mol. The maximum Gasteiger partial charge on any atom is 0.347 e. The average Bonchev–Trinajstić information content (AvgIpc) is 3.59. The minimum Gasteiger partial charge on any atom is -0.465 e. The molecular weight excluding hydrogens is 468 g/mol. The molecule has 0 radical (unpaired) electrons. The van der Waals surface area contributed by atoms with Crippen molar-refractivity contribution in [3.63, 3.8) is 0 Å². The first-order valence-electron chi connectivity index (χ1n) is 12.1. The second-order valence-corrected chi connectivity index (χ2v) is 10.8. The summed E-state index contributed by atoms with van der Waals surface area (Å²) in [6.07, 6.45) is 7.37. The van der Waals surface area contributed by atoms with E-state index in [0.717, 1.165) is 30.3 Å². The van der Waals surface area contributed by atoms with E-state index >= 15 is 0 Å². The normalized spacial score (nSPS) is 22.6. The van der Waals surface area contributed by atoms with Crippen molar-refractivity contribution < 1.29 is 19.6 Å². The summed E-state index contributed by atoms with van der Waals surface area (Å²) in [6.45, 7) is 3.50. The van der Waals surface area contributed by atoms with Gasteiger partial charge in [-0.05, 0) is 37.3 Å². The van der Waals surface area contributed by atoms with Crippen LogP contribution in [0.15, 0.2) is 24.5 Å². The van der Waals surface area contributed by atoms with Crippen molar-refractivity contribution in [2.45, 2.75) is 45.1 Å². The predicted octanol–water partition coefficient (Wildman–Crippen LogP) is 5.03. The van der Waals surface area contributed by atoms with Crippen LogP contribution in [-0.4, -0.2) is 52.4 Å². The lowest BCUT2D eigenvalue weighted by molar-refractivity contribution is -0.384. The molecule has 1 aromatic carbocycles. The Bertz CT molecular complexity index is 1270. The SMILES string of the molecule is COC(=O)c1c(N2CC[C@H](CO)C2)sc(-c2ccc3c(c2)ncn3[C@@H]2CCC[C@@H](C)C2)c1[N+](=O)[O-]. The molecule has 0 unspecified atom stereocenters. The molecule has 9 nitrogen and oxygen atoms in total. The minimum atomic E-state index is -0.724. The zero-order valence-electron chi connectivity index (χ0n) is 20.0. The fourth-order valence-corrected chi connectivity index (χ4v) is 6.86. The number of anilines is 1. The Morgan fingerprint density at radius 1 is 1.34 bits per heavy atom. The smallest absolute Gasteiger partial charge is 0.347 e. The molecule has 1 aliphatic carbocycles. The van der Waals surface area contributed by atoms with Gasteiger partial charge in [0.2, 0.25) is 0 Å². The van der Waals surface area contributed by atoms with Crippen LogP contribution in [-0.2, 0) is 4.74 Å². The second kappa shape index (κ2) is 9.58. The molecule has 0 bridgehead atoms. The molecule has 0 amide bonds. The highest BCUT2D eigenvalue weighted by atomic mass is 32.1. The fraction of sp³-hybridized carbons (Fsp3) is 0.520. The first-order chi connectivity index (χ1) is 16.9. The quantitative estimate of drug-likeness (QED) is 0.288. The van der Waals surface area contributed by atoms with Crippen LogP contribution < -0.4 is 4.90 Å². The number of esters is 1. The van der Waals surface area contributed by atoms with Crippen molar-refractivity contribution in [1.29, 1.82) is 0 Å². The summed E-state index contributed by atoms with van der Waals surface area (Å²) >= 11 is 1.23. The molecule has 2 fully saturated rings. The van der Waals surface area contributed by atoms with E-state index in [0.29, 0.717) is 40.5 Å². The van der Waals surface area contributed by atoms with E-state index in [2.05, 4.69) is 16.5 Å². The highest BCUT2D eigenvalue weighted by Gasteiger charge is 2.37. The van der Waals surface area contributed by atoms with Gasteiger partial charge in [-0.3, -0.25) is 10.1 Å². The van der Waals surface area contributed by atoms with Crippen LogP contribution in [0.5, 0.6) is 0 Å². The second-order valence-electron chi connectivity index (χ2n) is 9.77. The van der Waals surface area contributed by atoms with Crippen LogP contribution in [0.1, 0.15) is 55.4 Å². The van der Waals surface area contributed by atoms with Crippen molar-refractivity contribution in [2.24, 2.45) is 11.8 Å². The first-order valence-corrected chi connectivity index (χ1v) is 12.9. The zero-order chi connectivity index (χ0) is 24.7. The van der Waals surface area contributed by atoms with E-state index in [1.54, 1.807) is 0 Å². The number of carbonyl (C=O) groups is 1. The van der Waals surface area contributed by atoms with E-state index in [-0.39, 0.29) is 23.8 Å². The zero-order valence-corrected chi connectivity index (χ0v) is 20.8. The summed E-state index contributed by atoms with van der Waals surface area (Å²) in [6, 6.07) is 6.16. The molecule has 3 heterocycles. The molecule has 2 aromatic heterocycles. The number of benzene rings is 1. The summed E-state index contributed by atoms with van der Waals surface area (Å²) < 4.78 is 7.19. The van der Waals surface area contributed by atoms with Crippen molar-refractivity contribution in [3.8, 4) is 10.4 Å². The number of hydrogen-bond acceptors (Lipinski definition) is 8. The number of nitrogens with zero attached hydrogens (tertiary/aromatic N) is 4. The molecule has 35 heavy (non-hydrogen) atoms. The lowest BCUT2D eigenvalue weighted by Crippen LogP contribution is -2.22. The number of thiophene rings is 1. The van der Waals surface area contributed by atoms with Gasteiger partial charge in [0.1, 0.15) is 9.88 Å². The number of hydrogen-bond donors (Lipinski definition) is 1. The molecule has 0 spiro atoms. The van der Waals surface area contributed by atoms with Gasteiger partial charge in [0.05, 0.1) is 29.4 Å². The lowest BCUT2D eigenvalue weighted by atomic mass is 9.87. The number of fused-ring (bicyclic) bond motifs is 1. The van der Waals surface area contributed by atoms with Crippen molar-refractivity contribution in [3.05, 3.63) is 40.2 Å². The van der Waals surface area contributed by atoms with E-state index in [1.807, 2.05) is 29.4 Å². The Morgan fingerprint density at radius 2 is 2.17 bits per heavy atom. The van der Waals surface area contributed by atoms with Crippen LogP contribution in [0.4, 0.5) is 10.7 Å². The number of nitro groups is 1. The topological polar surface area (TPSA) is 111 Å². The van der Waals surface area contributed by atoms with Gasteiger partial charge in [0.15, 0.2) is 5.56 Å². The fourth-order valence-electron chi connectivity index (χ4n) is 5.57. The van der Waals surface area contributed by atoms with Crippen molar-refractivity contribution in [2.75, 3.05) is 31.7 Å². The molecule has 10 heteroatoms. The Hall–Kier alpha value is -2.98. The predicted molar refractivity (Wildman–Crippen MR) is 135 cm³/mol. The highest BCUT2D eigenvalue weighted by molar-refractivity contribution is 7.20. The summed E-state index contributed by atoms with van der Waals surface area (Å²) in [7, 11) is 1.23. The largest absolute Gasteiger partial charge is 0.465 e. The third-order valence-corrected chi connectivity index (χ3v) is 8.70. The molecule has 1 aliphatic heterocycles. The Balaban J connectivity index is 1.59. The van der Waals surface area contributed by atoms with Crippen molar-refractivity contribution >= 4 is 39.0 Å². The number of rotatable bonds is 6.